The van der Waals surface area contributed by atoms with Gasteiger partial charge in [-0.05, 0) is 56.5 Å². The van der Waals surface area contributed by atoms with E-state index in [-0.39, 0.29) is 17.6 Å². The van der Waals surface area contributed by atoms with Crippen molar-refractivity contribution < 1.29 is 9.53 Å². The number of amides is 1. The van der Waals surface area contributed by atoms with Crippen LogP contribution < -0.4 is 15.7 Å². The minimum absolute atomic E-state index is 0.0149. The first-order chi connectivity index (χ1) is 14.1. The molecule has 156 valence electrons. The van der Waals surface area contributed by atoms with Gasteiger partial charge < -0.3 is 10.1 Å². The number of nitrogens with zero attached hydrogens (tertiary/aromatic N) is 4. The Morgan fingerprint density at radius 1 is 1.17 bits per heavy atom. The van der Waals surface area contributed by atoms with Gasteiger partial charge >= 0.3 is 5.69 Å². The summed E-state index contributed by atoms with van der Waals surface area (Å²) in [5.41, 5.74) is 0.652. The second-order valence-electron chi connectivity index (χ2n) is 7.87. The summed E-state index contributed by atoms with van der Waals surface area (Å²) in [5.74, 6) is 1.60. The summed E-state index contributed by atoms with van der Waals surface area (Å²) in [5, 5.41) is 7.66. The average Bonchev–Trinajstić information content (AvgIpc) is 3.08. The minimum atomic E-state index is -0.0579. The monoisotopic (exact) mass is 399 g/mol. The third kappa shape index (κ3) is 4.53. The summed E-state index contributed by atoms with van der Waals surface area (Å²) >= 11 is 0. The van der Waals surface area contributed by atoms with Gasteiger partial charge in [-0.1, -0.05) is 0 Å². The Balaban J connectivity index is 1.31. The topological polar surface area (TPSA) is 81.4 Å². The number of ether oxygens (including phenoxy) is 1. The van der Waals surface area contributed by atoms with Crippen LogP contribution in [0.1, 0.15) is 41.9 Å². The first-order valence-electron chi connectivity index (χ1n) is 10.5. The van der Waals surface area contributed by atoms with Crippen LogP contribution in [0.25, 0.3) is 0 Å². The number of aryl methyl sites for hydroxylation is 1. The molecule has 8 nitrogen and oxygen atoms in total. The highest BCUT2D eigenvalue weighted by Crippen LogP contribution is 2.14. The van der Waals surface area contributed by atoms with Gasteiger partial charge in [0.25, 0.3) is 5.91 Å². The van der Waals surface area contributed by atoms with Crippen LogP contribution in [0.2, 0.25) is 0 Å². The van der Waals surface area contributed by atoms with E-state index in [0.29, 0.717) is 12.1 Å². The zero-order valence-corrected chi connectivity index (χ0v) is 17.0. The fourth-order valence-corrected chi connectivity index (χ4v) is 4.22. The molecular formula is C21H29N5O3. The summed E-state index contributed by atoms with van der Waals surface area (Å²) in [6.07, 6.45) is 5.06. The Hall–Kier alpha value is -2.61. The number of fused-ring (bicyclic) bond motifs is 1. The Labute approximate surface area is 170 Å². The maximum absolute atomic E-state index is 12.5. The van der Waals surface area contributed by atoms with Gasteiger partial charge in [-0.3, -0.25) is 14.3 Å². The maximum atomic E-state index is 12.5. The van der Waals surface area contributed by atoms with Crippen LogP contribution in [-0.2, 0) is 19.5 Å². The van der Waals surface area contributed by atoms with Crippen molar-refractivity contribution in [3.05, 3.63) is 46.1 Å². The number of methoxy groups -OCH3 is 1. The van der Waals surface area contributed by atoms with E-state index in [1.54, 1.807) is 36.1 Å². The van der Waals surface area contributed by atoms with Crippen LogP contribution in [-0.4, -0.2) is 57.9 Å². The number of likely N-dealkylation sites (tertiary alicyclic amines) is 1. The largest absolute Gasteiger partial charge is 0.497 e. The van der Waals surface area contributed by atoms with Gasteiger partial charge in [0.15, 0.2) is 0 Å². The predicted octanol–water partition coefficient (Wildman–Crippen LogP) is 1.28. The van der Waals surface area contributed by atoms with Crippen LogP contribution in [0, 0.1) is 0 Å². The Kier molecular flexibility index (Phi) is 5.99. The first-order valence-corrected chi connectivity index (χ1v) is 10.5. The number of piperidine rings is 1. The molecular weight excluding hydrogens is 370 g/mol. The second kappa shape index (κ2) is 8.82. The quantitative estimate of drug-likeness (QED) is 0.792. The number of hydrogen-bond donors (Lipinski definition) is 1. The summed E-state index contributed by atoms with van der Waals surface area (Å²) in [6.45, 7) is 3.93. The molecule has 4 rings (SSSR count). The molecule has 0 spiro atoms. The van der Waals surface area contributed by atoms with Crippen LogP contribution in [0.5, 0.6) is 5.75 Å². The van der Waals surface area contributed by atoms with Crippen LogP contribution in [0.3, 0.4) is 0 Å². The highest BCUT2D eigenvalue weighted by atomic mass is 16.5. The highest BCUT2D eigenvalue weighted by Gasteiger charge is 2.23. The predicted molar refractivity (Wildman–Crippen MR) is 109 cm³/mol. The average molecular weight is 399 g/mol. The molecule has 3 heterocycles. The van der Waals surface area contributed by atoms with E-state index in [4.69, 9.17) is 4.74 Å². The number of carbonyl (C=O) groups is 1. The van der Waals surface area contributed by atoms with Gasteiger partial charge in [-0.2, -0.15) is 5.10 Å². The van der Waals surface area contributed by atoms with E-state index in [9.17, 15) is 9.59 Å². The molecule has 29 heavy (non-hydrogen) atoms. The van der Waals surface area contributed by atoms with Crippen LogP contribution in [0.15, 0.2) is 29.1 Å². The van der Waals surface area contributed by atoms with E-state index in [1.807, 2.05) is 4.57 Å². The molecule has 1 N–H and O–H groups in total. The molecule has 0 saturated carbocycles. The summed E-state index contributed by atoms with van der Waals surface area (Å²) < 4.78 is 8.57. The lowest BCUT2D eigenvalue weighted by atomic mass is 10.0. The molecule has 0 radical (unpaired) electrons. The van der Waals surface area contributed by atoms with E-state index in [2.05, 4.69) is 15.3 Å². The third-order valence-corrected chi connectivity index (χ3v) is 5.85. The van der Waals surface area contributed by atoms with E-state index >= 15 is 0 Å². The van der Waals surface area contributed by atoms with Gasteiger partial charge in [-0.15, -0.1) is 0 Å². The summed E-state index contributed by atoms with van der Waals surface area (Å²) in [6, 6.07) is 7.27. The van der Waals surface area contributed by atoms with Crippen LogP contribution >= 0.6 is 0 Å². The van der Waals surface area contributed by atoms with E-state index < -0.39 is 0 Å². The smallest absolute Gasteiger partial charge is 0.345 e. The molecule has 1 atom stereocenters. The van der Waals surface area contributed by atoms with Crippen molar-refractivity contribution in [2.75, 3.05) is 26.7 Å². The van der Waals surface area contributed by atoms with Crippen molar-refractivity contribution in [1.29, 1.82) is 0 Å². The SMILES string of the molecule is COc1ccc(C(=O)NC2CCCN(CCn3nc4n(c3=O)CCCC4)C2)cc1. The minimum Gasteiger partial charge on any atom is -0.497 e. The Bertz CT molecular complexity index is 902. The first kappa shape index (κ1) is 19.7. The van der Waals surface area contributed by atoms with Crippen molar-refractivity contribution in [3.63, 3.8) is 0 Å². The Morgan fingerprint density at radius 2 is 2.00 bits per heavy atom. The molecule has 8 heteroatoms. The molecule has 2 aliphatic heterocycles. The molecule has 1 fully saturated rings. The van der Waals surface area contributed by atoms with Crippen molar-refractivity contribution in [1.82, 2.24) is 24.6 Å². The number of carbonyl (C=O) groups excluding carboxylic acids is 1. The number of benzene rings is 1. The maximum Gasteiger partial charge on any atom is 0.345 e. The van der Waals surface area contributed by atoms with Gasteiger partial charge in [0.05, 0.1) is 13.7 Å². The molecule has 1 aromatic heterocycles. The van der Waals surface area contributed by atoms with Gasteiger partial charge in [0.2, 0.25) is 0 Å². The molecule has 2 aliphatic rings. The fraction of sp³-hybridized carbons (Fsp3) is 0.571. The summed E-state index contributed by atoms with van der Waals surface area (Å²) in [4.78, 5) is 27.3. The normalized spacial score (nSPS) is 19.6. The van der Waals surface area contributed by atoms with Crippen LogP contribution in [0.4, 0.5) is 0 Å². The van der Waals surface area contributed by atoms with Gasteiger partial charge in [0.1, 0.15) is 11.6 Å². The lowest BCUT2D eigenvalue weighted by Crippen LogP contribution is -2.48. The third-order valence-electron chi connectivity index (χ3n) is 5.85. The van der Waals surface area contributed by atoms with Gasteiger partial charge in [-0.25, -0.2) is 9.48 Å². The second-order valence-corrected chi connectivity index (χ2v) is 7.87. The lowest BCUT2D eigenvalue weighted by Gasteiger charge is -2.33. The Morgan fingerprint density at radius 3 is 2.76 bits per heavy atom. The van der Waals surface area contributed by atoms with E-state index in [1.165, 1.54) is 0 Å². The molecule has 0 aliphatic carbocycles. The zero-order valence-electron chi connectivity index (χ0n) is 17.0. The molecule has 1 aromatic carbocycles. The standard InChI is InChI=1S/C21H29N5O3/c1-29-18-9-7-16(8-10-18)20(27)22-17-5-4-11-24(15-17)13-14-26-21(28)25-12-3-2-6-19(25)23-26/h7-10,17H,2-6,11-15H2,1H3,(H,22,27). The van der Waals surface area contributed by atoms with Crippen molar-refractivity contribution >= 4 is 5.91 Å². The number of aromatic nitrogens is 3. The number of rotatable bonds is 6. The lowest BCUT2D eigenvalue weighted by molar-refractivity contribution is 0.0901. The zero-order chi connectivity index (χ0) is 20.2. The summed E-state index contributed by atoms with van der Waals surface area (Å²) in [7, 11) is 1.61. The number of nitrogens with one attached hydrogen (secondary N) is 1. The fourth-order valence-electron chi connectivity index (χ4n) is 4.22. The molecule has 2 aromatic rings. The molecule has 1 saturated heterocycles. The van der Waals surface area contributed by atoms with Gasteiger partial charge in [0, 0.05) is 37.7 Å². The highest BCUT2D eigenvalue weighted by molar-refractivity contribution is 5.94. The molecule has 1 unspecified atom stereocenters. The number of hydrogen-bond acceptors (Lipinski definition) is 5. The van der Waals surface area contributed by atoms with E-state index in [0.717, 1.165) is 69.9 Å². The molecule has 0 bridgehead atoms. The van der Waals surface area contributed by atoms with Crippen molar-refractivity contribution in [2.45, 2.75) is 51.2 Å². The van der Waals surface area contributed by atoms with Crippen molar-refractivity contribution in [2.24, 2.45) is 0 Å². The molecule has 1 amide bonds. The van der Waals surface area contributed by atoms with Crippen molar-refractivity contribution in [3.8, 4) is 5.75 Å².